The van der Waals surface area contributed by atoms with Gasteiger partial charge in [0.2, 0.25) is 0 Å². The van der Waals surface area contributed by atoms with Gasteiger partial charge in [0.1, 0.15) is 0 Å². The van der Waals surface area contributed by atoms with Gasteiger partial charge in [-0.2, -0.15) is 0 Å². The van der Waals surface area contributed by atoms with E-state index < -0.39 is 0 Å². The first-order valence-corrected chi connectivity index (χ1v) is 9.91. The summed E-state index contributed by atoms with van der Waals surface area (Å²) in [4.78, 5) is 15.0. The zero-order chi connectivity index (χ0) is 19.2. The predicted octanol–water partition coefficient (Wildman–Crippen LogP) is 3.12. The van der Waals surface area contributed by atoms with Crippen LogP contribution in [-0.2, 0) is 11.3 Å². The fraction of sp³-hybridized carbons (Fsp3) is 0.500. The smallest absolute Gasteiger partial charge is 0.255 e. The van der Waals surface area contributed by atoms with E-state index in [-0.39, 0.29) is 12.0 Å². The molecule has 2 heterocycles. The van der Waals surface area contributed by atoms with Crippen LogP contribution in [0.15, 0.2) is 36.4 Å². The van der Waals surface area contributed by atoms with E-state index in [9.17, 15) is 4.79 Å². The first-order chi connectivity index (χ1) is 13.1. The number of nitrogens with two attached hydrogens (primary N) is 1. The monoisotopic (exact) mass is 369 g/mol. The number of carbonyl (C=O) groups is 1. The minimum Gasteiger partial charge on any atom is -0.378 e. The van der Waals surface area contributed by atoms with Gasteiger partial charge in [0.15, 0.2) is 0 Å². The van der Waals surface area contributed by atoms with E-state index in [0.717, 1.165) is 62.5 Å². The molecular formula is C22H31N3O2. The molecule has 0 aliphatic carbocycles. The van der Waals surface area contributed by atoms with Crippen molar-refractivity contribution in [2.24, 2.45) is 5.73 Å². The Morgan fingerprint density at radius 1 is 1.19 bits per heavy atom. The molecule has 1 aromatic carbocycles. The van der Waals surface area contributed by atoms with Crippen LogP contribution in [0.4, 0.5) is 0 Å². The van der Waals surface area contributed by atoms with Crippen molar-refractivity contribution in [1.29, 1.82) is 0 Å². The van der Waals surface area contributed by atoms with E-state index in [0.29, 0.717) is 6.54 Å². The summed E-state index contributed by atoms with van der Waals surface area (Å²) in [6, 6.07) is 12.4. The molecule has 27 heavy (non-hydrogen) atoms. The molecule has 5 heteroatoms. The fourth-order valence-electron chi connectivity index (χ4n) is 3.76. The molecule has 0 spiro atoms. The van der Waals surface area contributed by atoms with Gasteiger partial charge in [-0.3, -0.25) is 4.79 Å². The highest BCUT2D eigenvalue weighted by atomic mass is 16.5. The van der Waals surface area contributed by atoms with Gasteiger partial charge in [0.05, 0.1) is 11.7 Å². The van der Waals surface area contributed by atoms with Gasteiger partial charge < -0.3 is 19.9 Å². The van der Waals surface area contributed by atoms with Gasteiger partial charge in [-0.05, 0) is 51.3 Å². The van der Waals surface area contributed by atoms with Crippen molar-refractivity contribution in [3.63, 3.8) is 0 Å². The number of hydrogen-bond donors (Lipinski definition) is 1. The molecule has 1 amide bonds. The zero-order valence-electron chi connectivity index (χ0n) is 16.5. The number of likely N-dealkylation sites (tertiary alicyclic amines) is 1. The van der Waals surface area contributed by atoms with Gasteiger partial charge in [-0.25, -0.2) is 0 Å². The molecule has 1 saturated heterocycles. The number of hydrogen-bond acceptors (Lipinski definition) is 3. The van der Waals surface area contributed by atoms with E-state index in [2.05, 4.69) is 35.8 Å². The average Bonchev–Trinajstić information content (AvgIpc) is 2.97. The molecule has 0 radical (unpaired) electrons. The van der Waals surface area contributed by atoms with Gasteiger partial charge in [-0.1, -0.05) is 30.3 Å². The summed E-state index contributed by atoms with van der Waals surface area (Å²) in [5.41, 5.74) is 9.75. The maximum atomic E-state index is 13.1. The Kier molecular flexibility index (Phi) is 6.69. The first-order valence-electron chi connectivity index (χ1n) is 9.91. The second-order valence-corrected chi connectivity index (χ2v) is 7.36. The highest BCUT2D eigenvalue weighted by molar-refractivity contribution is 5.95. The molecule has 5 nitrogen and oxygen atoms in total. The Morgan fingerprint density at radius 2 is 1.89 bits per heavy atom. The topological polar surface area (TPSA) is 60.5 Å². The number of aromatic nitrogens is 1. The Labute approximate surface area is 162 Å². The van der Waals surface area contributed by atoms with Crippen LogP contribution in [0.5, 0.6) is 0 Å². The summed E-state index contributed by atoms with van der Waals surface area (Å²) in [5, 5.41) is 0. The van der Waals surface area contributed by atoms with Crippen molar-refractivity contribution in [1.82, 2.24) is 9.47 Å². The largest absolute Gasteiger partial charge is 0.378 e. The third-order valence-corrected chi connectivity index (χ3v) is 5.42. The molecule has 1 aromatic heterocycles. The van der Waals surface area contributed by atoms with Crippen LogP contribution in [0, 0.1) is 13.8 Å². The van der Waals surface area contributed by atoms with E-state index in [4.69, 9.17) is 10.5 Å². The van der Waals surface area contributed by atoms with Crippen molar-refractivity contribution < 1.29 is 9.53 Å². The summed E-state index contributed by atoms with van der Waals surface area (Å²) < 4.78 is 8.08. The summed E-state index contributed by atoms with van der Waals surface area (Å²) in [5.74, 6) is 0.141. The summed E-state index contributed by atoms with van der Waals surface area (Å²) in [6.07, 6.45) is 2.95. The summed E-state index contributed by atoms with van der Waals surface area (Å²) in [6.45, 7) is 7.81. The molecule has 146 valence electrons. The number of rotatable bonds is 7. The number of benzene rings is 1. The van der Waals surface area contributed by atoms with Gasteiger partial charge in [0.25, 0.3) is 5.91 Å². The van der Waals surface area contributed by atoms with E-state index in [1.807, 2.05) is 24.0 Å². The number of amides is 1. The highest BCUT2D eigenvalue weighted by Crippen LogP contribution is 2.22. The van der Waals surface area contributed by atoms with Gasteiger partial charge >= 0.3 is 0 Å². The minimum absolute atomic E-state index is 0.141. The minimum atomic E-state index is 0.141. The van der Waals surface area contributed by atoms with Crippen molar-refractivity contribution >= 4 is 5.91 Å². The lowest BCUT2D eigenvalue weighted by atomic mass is 10.1. The second kappa shape index (κ2) is 9.20. The molecule has 1 aliphatic heterocycles. The number of carbonyl (C=O) groups excluding carboxylic acids is 1. The van der Waals surface area contributed by atoms with Gasteiger partial charge in [0, 0.05) is 37.6 Å². The van der Waals surface area contributed by atoms with Gasteiger partial charge in [-0.15, -0.1) is 0 Å². The highest BCUT2D eigenvalue weighted by Gasteiger charge is 2.26. The van der Waals surface area contributed by atoms with Crippen molar-refractivity contribution in [2.75, 3.05) is 26.2 Å². The van der Waals surface area contributed by atoms with Crippen LogP contribution >= 0.6 is 0 Å². The lowest BCUT2D eigenvalue weighted by molar-refractivity contribution is 0.00843. The Bertz CT molecular complexity index is 746. The van der Waals surface area contributed by atoms with Crippen LogP contribution in [0.1, 0.15) is 46.6 Å². The molecular weight excluding hydrogens is 338 g/mol. The SMILES string of the molecule is Cc1cc(C(=O)N2CCC(OCCCN)CC2)c(C)n1Cc1ccccc1. The molecule has 0 saturated carbocycles. The number of aryl methyl sites for hydroxylation is 1. The molecule has 0 atom stereocenters. The molecule has 1 fully saturated rings. The maximum absolute atomic E-state index is 13.1. The molecule has 2 N–H and O–H groups in total. The quantitative estimate of drug-likeness (QED) is 0.763. The first kappa shape index (κ1) is 19.6. The average molecular weight is 370 g/mol. The number of piperidine rings is 1. The molecule has 1 aliphatic rings. The van der Waals surface area contributed by atoms with Crippen molar-refractivity contribution in [2.45, 2.75) is 45.8 Å². The normalized spacial score (nSPS) is 15.3. The van der Waals surface area contributed by atoms with Crippen LogP contribution in [0.2, 0.25) is 0 Å². The third-order valence-electron chi connectivity index (χ3n) is 5.42. The molecule has 3 rings (SSSR count). The van der Waals surface area contributed by atoms with Crippen molar-refractivity contribution in [3.05, 3.63) is 58.9 Å². The Hall–Kier alpha value is -2.11. The summed E-state index contributed by atoms with van der Waals surface area (Å²) in [7, 11) is 0. The Balaban J connectivity index is 1.63. The lowest BCUT2D eigenvalue weighted by Gasteiger charge is -2.32. The van der Waals surface area contributed by atoms with E-state index in [1.54, 1.807) is 0 Å². The molecule has 2 aromatic rings. The zero-order valence-corrected chi connectivity index (χ0v) is 16.5. The third kappa shape index (κ3) is 4.79. The van der Waals surface area contributed by atoms with Crippen molar-refractivity contribution in [3.8, 4) is 0 Å². The Morgan fingerprint density at radius 3 is 2.56 bits per heavy atom. The van der Waals surface area contributed by atoms with Crippen LogP contribution in [0.3, 0.4) is 0 Å². The van der Waals surface area contributed by atoms with E-state index in [1.165, 1.54) is 5.56 Å². The molecule has 0 unspecified atom stereocenters. The molecule has 0 bridgehead atoms. The van der Waals surface area contributed by atoms with Crippen LogP contribution in [-0.4, -0.2) is 47.7 Å². The lowest BCUT2D eigenvalue weighted by Crippen LogP contribution is -2.41. The number of nitrogens with zero attached hydrogens (tertiary/aromatic N) is 2. The van der Waals surface area contributed by atoms with Crippen LogP contribution < -0.4 is 5.73 Å². The summed E-state index contributed by atoms with van der Waals surface area (Å²) >= 11 is 0. The van der Waals surface area contributed by atoms with Crippen LogP contribution in [0.25, 0.3) is 0 Å². The second-order valence-electron chi connectivity index (χ2n) is 7.36. The predicted molar refractivity (Wildman–Crippen MR) is 108 cm³/mol. The fourth-order valence-corrected chi connectivity index (χ4v) is 3.76. The standard InChI is InChI=1S/C22H31N3O2/c1-17-15-21(18(2)25(17)16-19-7-4-3-5-8-19)22(26)24-12-9-20(10-13-24)27-14-6-11-23/h3-5,7-8,15,20H,6,9-14,16,23H2,1-2H3. The number of ether oxygens (including phenoxy) is 1. The maximum Gasteiger partial charge on any atom is 0.255 e. The van der Waals surface area contributed by atoms with E-state index >= 15 is 0 Å².